The molecule has 0 radical (unpaired) electrons. The van der Waals surface area contributed by atoms with E-state index in [2.05, 4.69) is 0 Å². The maximum Gasteiger partial charge on any atom is 0.256 e. The number of anilines is 1. The highest BCUT2D eigenvalue weighted by atomic mass is 35.5. The molecule has 25 heavy (non-hydrogen) atoms. The van der Waals surface area contributed by atoms with Gasteiger partial charge in [-0.1, -0.05) is 29.8 Å². The van der Waals surface area contributed by atoms with Crippen molar-refractivity contribution in [1.82, 2.24) is 4.90 Å². The highest BCUT2D eigenvalue weighted by Crippen LogP contribution is 2.29. The van der Waals surface area contributed by atoms with Crippen molar-refractivity contribution < 1.29 is 9.59 Å². The predicted octanol–water partition coefficient (Wildman–Crippen LogP) is 3.67. The minimum atomic E-state index is -0.0269. The Balaban J connectivity index is 1.63. The van der Waals surface area contributed by atoms with Crippen molar-refractivity contribution in [1.29, 1.82) is 0 Å². The third kappa shape index (κ3) is 3.02. The smallest absolute Gasteiger partial charge is 0.256 e. The molecule has 2 heterocycles. The van der Waals surface area contributed by atoms with Crippen LogP contribution in [0.1, 0.15) is 34.3 Å². The van der Waals surface area contributed by atoms with E-state index in [0.29, 0.717) is 36.6 Å². The van der Waals surface area contributed by atoms with Crippen LogP contribution < -0.4 is 4.90 Å². The van der Waals surface area contributed by atoms with Crippen molar-refractivity contribution >= 4 is 29.1 Å². The number of carbonyl (C=O) groups excluding carboxylic acids is 2. The van der Waals surface area contributed by atoms with E-state index >= 15 is 0 Å². The fraction of sp³-hybridized carbons (Fsp3) is 0.300. The summed E-state index contributed by atoms with van der Waals surface area (Å²) >= 11 is 6.10. The zero-order valence-electron chi connectivity index (χ0n) is 13.9. The van der Waals surface area contributed by atoms with Gasteiger partial charge in [-0.05, 0) is 48.2 Å². The summed E-state index contributed by atoms with van der Waals surface area (Å²) in [7, 11) is 0. The summed E-state index contributed by atoms with van der Waals surface area (Å²) in [6.45, 7) is 1.91. The topological polar surface area (TPSA) is 40.6 Å². The van der Waals surface area contributed by atoms with Gasteiger partial charge in [-0.3, -0.25) is 9.59 Å². The molecule has 4 nitrogen and oxygen atoms in total. The molecule has 0 aromatic heterocycles. The van der Waals surface area contributed by atoms with Crippen LogP contribution in [0.4, 0.5) is 5.69 Å². The fourth-order valence-corrected chi connectivity index (χ4v) is 3.86. The molecule has 0 saturated carbocycles. The molecule has 2 aliphatic heterocycles. The van der Waals surface area contributed by atoms with Crippen molar-refractivity contribution in [2.75, 3.05) is 18.0 Å². The van der Waals surface area contributed by atoms with Gasteiger partial charge in [0.05, 0.1) is 11.3 Å². The van der Waals surface area contributed by atoms with Gasteiger partial charge in [0.1, 0.15) is 0 Å². The Kier molecular flexibility index (Phi) is 4.22. The quantitative estimate of drug-likeness (QED) is 0.825. The maximum absolute atomic E-state index is 13.1. The third-order valence-electron chi connectivity index (χ3n) is 4.97. The molecule has 1 saturated heterocycles. The van der Waals surface area contributed by atoms with E-state index in [1.54, 1.807) is 4.90 Å². The van der Waals surface area contributed by atoms with E-state index in [4.69, 9.17) is 11.6 Å². The molecule has 2 aliphatic rings. The van der Waals surface area contributed by atoms with Gasteiger partial charge in [-0.25, -0.2) is 0 Å². The highest BCUT2D eigenvalue weighted by molar-refractivity contribution is 6.30. The van der Waals surface area contributed by atoms with Crippen LogP contribution in [-0.4, -0.2) is 29.8 Å². The van der Waals surface area contributed by atoms with Crippen molar-refractivity contribution in [3.63, 3.8) is 0 Å². The predicted molar refractivity (Wildman–Crippen MR) is 97.9 cm³/mol. The van der Waals surface area contributed by atoms with Crippen LogP contribution >= 0.6 is 11.6 Å². The first kappa shape index (κ1) is 16.2. The Labute approximate surface area is 152 Å². The molecule has 0 bridgehead atoms. The second kappa shape index (κ2) is 6.52. The Hall–Kier alpha value is -2.33. The minimum Gasteiger partial charge on any atom is -0.334 e. The lowest BCUT2D eigenvalue weighted by Gasteiger charge is -2.30. The van der Waals surface area contributed by atoms with Crippen molar-refractivity contribution in [2.24, 2.45) is 0 Å². The summed E-state index contributed by atoms with van der Waals surface area (Å²) in [6, 6.07) is 13.3. The lowest BCUT2D eigenvalue weighted by molar-refractivity contribution is -0.117. The average molecular weight is 355 g/mol. The van der Waals surface area contributed by atoms with Crippen LogP contribution in [0.5, 0.6) is 0 Å². The summed E-state index contributed by atoms with van der Waals surface area (Å²) in [4.78, 5) is 28.8. The molecule has 0 unspecified atom stereocenters. The van der Waals surface area contributed by atoms with Gasteiger partial charge in [0.25, 0.3) is 5.91 Å². The van der Waals surface area contributed by atoms with E-state index < -0.39 is 0 Å². The lowest BCUT2D eigenvalue weighted by atomic mass is 9.99. The number of carbonyl (C=O) groups is 2. The maximum atomic E-state index is 13.1. The summed E-state index contributed by atoms with van der Waals surface area (Å²) < 4.78 is 0. The van der Waals surface area contributed by atoms with E-state index in [0.717, 1.165) is 24.1 Å². The van der Waals surface area contributed by atoms with Crippen molar-refractivity contribution in [3.8, 4) is 0 Å². The molecule has 2 aromatic carbocycles. The Morgan fingerprint density at radius 3 is 2.64 bits per heavy atom. The van der Waals surface area contributed by atoms with Crippen LogP contribution in [0, 0.1) is 0 Å². The molecule has 0 N–H and O–H groups in total. The molecule has 2 amide bonds. The van der Waals surface area contributed by atoms with E-state index in [1.165, 1.54) is 5.56 Å². The largest absolute Gasteiger partial charge is 0.334 e. The molecular weight excluding hydrogens is 336 g/mol. The van der Waals surface area contributed by atoms with Crippen LogP contribution in [-0.2, 0) is 17.8 Å². The van der Waals surface area contributed by atoms with Gasteiger partial charge in [0, 0.05) is 31.1 Å². The Morgan fingerprint density at radius 1 is 1.00 bits per heavy atom. The van der Waals surface area contributed by atoms with E-state index in [-0.39, 0.29) is 11.8 Å². The highest BCUT2D eigenvalue weighted by Gasteiger charge is 2.28. The molecule has 5 heteroatoms. The monoisotopic (exact) mass is 354 g/mol. The second-order valence-electron chi connectivity index (χ2n) is 6.56. The Bertz CT molecular complexity index is 849. The number of fused-ring (bicyclic) bond motifs is 1. The van der Waals surface area contributed by atoms with Gasteiger partial charge in [-0.2, -0.15) is 0 Å². The van der Waals surface area contributed by atoms with Gasteiger partial charge >= 0.3 is 0 Å². The van der Waals surface area contributed by atoms with Gasteiger partial charge in [-0.15, -0.1) is 0 Å². The number of halogens is 1. The van der Waals surface area contributed by atoms with Crippen molar-refractivity contribution in [3.05, 3.63) is 64.2 Å². The van der Waals surface area contributed by atoms with Gasteiger partial charge in [0.15, 0.2) is 0 Å². The average Bonchev–Trinajstić information content (AvgIpc) is 3.06. The summed E-state index contributed by atoms with van der Waals surface area (Å²) in [5.74, 6) is 0.0666. The molecule has 0 spiro atoms. The first-order valence-electron chi connectivity index (χ1n) is 8.59. The molecular formula is C20H19ClN2O2. The van der Waals surface area contributed by atoms with Crippen LogP contribution in [0.3, 0.4) is 0 Å². The molecule has 0 aliphatic carbocycles. The molecule has 128 valence electrons. The minimum absolute atomic E-state index is 0.0269. The third-order valence-corrected chi connectivity index (χ3v) is 5.20. The standard InChI is InChI=1S/C20H19ClN2O2/c21-16-8-7-14-9-11-22(13-15(14)12-16)20(25)17-4-1-2-5-18(17)23-10-3-6-19(23)24/h1-2,4-5,7-8,12H,3,6,9-11,13H2. The molecule has 0 atom stereocenters. The van der Waals surface area contributed by atoms with Gasteiger partial charge < -0.3 is 9.80 Å². The molecule has 2 aromatic rings. The Morgan fingerprint density at radius 2 is 1.84 bits per heavy atom. The number of amides is 2. The molecule has 4 rings (SSSR count). The normalized spacial score (nSPS) is 16.9. The summed E-state index contributed by atoms with van der Waals surface area (Å²) in [5, 5.41) is 0.691. The van der Waals surface area contributed by atoms with Crippen LogP contribution in [0.25, 0.3) is 0 Å². The number of nitrogens with zero attached hydrogens (tertiary/aromatic N) is 2. The first-order valence-corrected chi connectivity index (χ1v) is 8.97. The summed E-state index contributed by atoms with van der Waals surface area (Å²) in [6.07, 6.45) is 2.22. The molecule has 1 fully saturated rings. The van der Waals surface area contributed by atoms with Crippen LogP contribution in [0.15, 0.2) is 42.5 Å². The summed E-state index contributed by atoms with van der Waals surface area (Å²) in [5.41, 5.74) is 3.67. The van der Waals surface area contributed by atoms with E-state index in [9.17, 15) is 9.59 Å². The second-order valence-corrected chi connectivity index (χ2v) is 6.99. The van der Waals surface area contributed by atoms with Gasteiger partial charge in [0.2, 0.25) is 5.91 Å². The van der Waals surface area contributed by atoms with Crippen LogP contribution in [0.2, 0.25) is 5.02 Å². The number of rotatable bonds is 2. The first-order chi connectivity index (χ1) is 12.1. The zero-order valence-corrected chi connectivity index (χ0v) is 14.6. The lowest BCUT2D eigenvalue weighted by Crippen LogP contribution is -2.37. The number of para-hydroxylation sites is 1. The SMILES string of the molecule is O=C(c1ccccc1N1CCCC1=O)N1CCc2ccc(Cl)cc2C1. The zero-order chi connectivity index (χ0) is 17.4. The number of hydrogen-bond donors (Lipinski definition) is 0. The fourth-order valence-electron chi connectivity index (χ4n) is 3.66. The number of hydrogen-bond acceptors (Lipinski definition) is 2. The van der Waals surface area contributed by atoms with Crippen molar-refractivity contribution in [2.45, 2.75) is 25.8 Å². The number of benzene rings is 2. The van der Waals surface area contributed by atoms with E-state index in [1.807, 2.05) is 47.4 Å².